The summed E-state index contributed by atoms with van der Waals surface area (Å²) >= 11 is 1.92. The lowest BCUT2D eigenvalue weighted by atomic mass is 10.3. The van der Waals surface area contributed by atoms with Crippen LogP contribution in [-0.2, 0) is 4.74 Å². The third-order valence-corrected chi connectivity index (χ3v) is 5.30. The van der Waals surface area contributed by atoms with Gasteiger partial charge in [0.05, 0.1) is 31.9 Å². The number of carbonyl (C=O) groups excluding carboxylic acids is 1. The highest BCUT2D eigenvalue weighted by Gasteiger charge is 2.27. The van der Waals surface area contributed by atoms with Crippen molar-refractivity contribution in [1.29, 1.82) is 0 Å². The van der Waals surface area contributed by atoms with Crippen LogP contribution in [0.4, 0.5) is 15.5 Å². The van der Waals surface area contributed by atoms with Gasteiger partial charge in [0.15, 0.2) is 0 Å². The summed E-state index contributed by atoms with van der Waals surface area (Å²) in [4.78, 5) is 33.2. The van der Waals surface area contributed by atoms with E-state index < -0.39 is 15.9 Å². The topological polar surface area (TPSA) is 137 Å². The molecule has 12 heteroatoms. The fourth-order valence-electron chi connectivity index (χ4n) is 1.77. The lowest BCUT2D eigenvalue weighted by molar-refractivity contribution is -0.389. The first-order valence-electron chi connectivity index (χ1n) is 6.83. The summed E-state index contributed by atoms with van der Waals surface area (Å²) < 4.78 is 4.68. The molecule has 2 rings (SSSR count). The predicted octanol–water partition coefficient (Wildman–Crippen LogP) is 3.76. The molecule has 0 saturated heterocycles. The van der Waals surface area contributed by atoms with E-state index in [4.69, 9.17) is 0 Å². The van der Waals surface area contributed by atoms with Crippen molar-refractivity contribution in [3.8, 4) is 9.75 Å². The molecule has 0 aliphatic carbocycles. The fourth-order valence-corrected chi connectivity index (χ4v) is 3.78. The van der Waals surface area contributed by atoms with E-state index in [1.807, 2.05) is 0 Å². The summed E-state index contributed by atoms with van der Waals surface area (Å²) in [5, 5.41) is 25.6. The Balaban J connectivity index is 2.29. The van der Waals surface area contributed by atoms with Gasteiger partial charge >= 0.3 is 11.1 Å². The molecule has 0 aliphatic rings. The molecular weight excluding hydrogens is 372 g/mol. The summed E-state index contributed by atoms with van der Waals surface area (Å²) in [6.45, 7) is 3.52. The maximum Gasteiger partial charge on any atom is 0.427 e. The Morgan fingerprint density at radius 2 is 2.00 bits per heavy atom. The van der Waals surface area contributed by atoms with E-state index in [2.05, 4.69) is 15.3 Å². The average molecular weight is 384 g/mol. The van der Waals surface area contributed by atoms with Gasteiger partial charge in [-0.15, -0.1) is 11.3 Å². The molecule has 0 atom stereocenters. The maximum absolute atomic E-state index is 11.2. The molecule has 0 aliphatic heterocycles. The Bertz CT molecular complexity index is 857. The summed E-state index contributed by atoms with van der Waals surface area (Å²) in [5.74, 6) is 0. The van der Waals surface area contributed by atoms with Gasteiger partial charge in [0, 0.05) is 0 Å². The van der Waals surface area contributed by atoms with Gasteiger partial charge in [-0.2, -0.15) is 5.10 Å². The number of hydrogen-bond acceptors (Lipinski definition) is 9. The van der Waals surface area contributed by atoms with Crippen LogP contribution in [0, 0.1) is 20.2 Å². The quantitative estimate of drug-likeness (QED) is 0.457. The molecular formula is C13H12N4O6S2. The highest BCUT2D eigenvalue weighted by Crippen LogP contribution is 2.44. The third-order valence-electron chi connectivity index (χ3n) is 2.85. The predicted molar refractivity (Wildman–Crippen MR) is 93.3 cm³/mol. The monoisotopic (exact) mass is 384 g/mol. The lowest BCUT2D eigenvalue weighted by Gasteiger charge is -2.00. The Labute approximate surface area is 149 Å². The van der Waals surface area contributed by atoms with Crippen molar-refractivity contribution in [2.45, 2.75) is 13.8 Å². The number of nitro groups is 2. The first kappa shape index (κ1) is 18.5. The van der Waals surface area contributed by atoms with E-state index >= 15 is 0 Å². The second kappa shape index (κ2) is 7.81. The van der Waals surface area contributed by atoms with Crippen LogP contribution < -0.4 is 5.43 Å². The molecule has 0 radical (unpaired) electrons. The van der Waals surface area contributed by atoms with Crippen LogP contribution in [0.15, 0.2) is 23.3 Å². The van der Waals surface area contributed by atoms with Crippen molar-refractivity contribution < 1.29 is 19.4 Å². The van der Waals surface area contributed by atoms with Crippen LogP contribution in [0.2, 0.25) is 0 Å². The zero-order valence-electron chi connectivity index (χ0n) is 13.0. The van der Waals surface area contributed by atoms with Crippen molar-refractivity contribution >= 4 is 45.2 Å². The maximum atomic E-state index is 11.2. The molecule has 0 bridgehead atoms. The second-order valence-corrected chi connectivity index (χ2v) is 6.62. The molecule has 25 heavy (non-hydrogen) atoms. The molecule has 1 N–H and O–H groups in total. The smallest absolute Gasteiger partial charge is 0.427 e. The molecule has 0 fully saturated rings. The van der Waals surface area contributed by atoms with Crippen molar-refractivity contribution in [1.82, 2.24) is 5.43 Å². The van der Waals surface area contributed by atoms with Crippen LogP contribution >= 0.6 is 22.7 Å². The molecule has 0 unspecified atom stereocenters. The number of ether oxygens (including phenoxy) is 1. The number of nitrogens with zero attached hydrogens (tertiary/aromatic N) is 3. The highest BCUT2D eigenvalue weighted by molar-refractivity contribution is 7.25. The minimum Gasteiger partial charge on any atom is -0.449 e. The van der Waals surface area contributed by atoms with Crippen molar-refractivity contribution in [3.63, 3.8) is 0 Å². The summed E-state index contributed by atoms with van der Waals surface area (Å²) in [6.07, 6.45) is -0.692. The number of carbonyl (C=O) groups is 1. The van der Waals surface area contributed by atoms with Gasteiger partial charge in [0.25, 0.3) is 5.69 Å². The molecule has 2 aromatic heterocycles. The first-order valence-corrected chi connectivity index (χ1v) is 8.47. The Hall–Kier alpha value is -2.86. The third kappa shape index (κ3) is 4.36. The summed E-state index contributed by atoms with van der Waals surface area (Å²) in [5.41, 5.74) is 2.37. The van der Waals surface area contributed by atoms with Crippen LogP contribution in [0.3, 0.4) is 0 Å². The summed E-state index contributed by atoms with van der Waals surface area (Å²) in [6, 6.07) is 4.23. The van der Waals surface area contributed by atoms with Gasteiger partial charge in [-0.25, -0.2) is 10.2 Å². The van der Waals surface area contributed by atoms with E-state index in [0.717, 1.165) is 17.4 Å². The normalized spacial score (nSPS) is 11.2. The van der Waals surface area contributed by atoms with E-state index in [9.17, 15) is 25.0 Å². The van der Waals surface area contributed by atoms with Crippen LogP contribution in [0.25, 0.3) is 9.75 Å². The van der Waals surface area contributed by atoms with Crippen molar-refractivity contribution in [3.05, 3.63) is 43.3 Å². The number of hydrazone groups is 1. The standard InChI is InChI=1S/C13H12N4O6S2/c1-3-23-13(18)15-14-7(2)9-4-5-10(24-9)12-8(16(19)20)6-11(25-12)17(21)22/h4-6H,3H2,1-2H3,(H,15,18). The van der Waals surface area contributed by atoms with Crippen LogP contribution in [0.1, 0.15) is 18.7 Å². The molecule has 0 spiro atoms. The second-order valence-electron chi connectivity index (χ2n) is 4.51. The summed E-state index contributed by atoms with van der Waals surface area (Å²) in [7, 11) is 0. The molecule has 10 nitrogen and oxygen atoms in total. The molecule has 1 amide bonds. The highest BCUT2D eigenvalue weighted by atomic mass is 32.1. The van der Waals surface area contributed by atoms with Gasteiger partial charge in [0.1, 0.15) is 10.9 Å². The Morgan fingerprint density at radius 3 is 2.60 bits per heavy atom. The van der Waals surface area contributed by atoms with Crippen molar-refractivity contribution in [2.75, 3.05) is 6.61 Å². The van der Waals surface area contributed by atoms with Crippen molar-refractivity contribution in [2.24, 2.45) is 5.10 Å². The molecule has 0 saturated carbocycles. The minimum atomic E-state index is -0.692. The van der Waals surface area contributed by atoms with Gasteiger partial charge in [-0.3, -0.25) is 20.2 Å². The van der Waals surface area contributed by atoms with Gasteiger partial charge < -0.3 is 4.74 Å². The number of hydrogen-bond donors (Lipinski definition) is 1. The Morgan fingerprint density at radius 1 is 1.28 bits per heavy atom. The lowest BCUT2D eigenvalue weighted by Crippen LogP contribution is -2.20. The van der Waals surface area contributed by atoms with Gasteiger partial charge in [-0.1, -0.05) is 11.3 Å². The van der Waals surface area contributed by atoms with Gasteiger partial charge in [-0.05, 0) is 26.0 Å². The molecule has 132 valence electrons. The molecule has 2 aromatic rings. The van der Waals surface area contributed by atoms with E-state index in [0.29, 0.717) is 15.5 Å². The first-order chi connectivity index (χ1) is 11.8. The van der Waals surface area contributed by atoms with Crippen LogP contribution in [0.5, 0.6) is 0 Å². The number of nitrogens with one attached hydrogen (secondary N) is 1. The fraction of sp³-hybridized carbons (Fsp3) is 0.231. The Kier molecular flexibility index (Phi) is 5.77. The molecule has 0 aromatic carbocycles. The molecule has 2 heterocycles. The van der Waals surface area contributed by atoms with E-state index in [1.165, 1.54) is 11.3 Å². The largest absolute Gasteiger partial charge is 0.449 e. The SMILES string of the molecule is CCOC(=O)NN=C(C)c1ccc(-c2sc([N+](=O)[O-])cc2[N+](=O)[O-])s1. The zero-order chi connectivity index (χ0) is 18.6. The van der Waals surface area contributed by atoms with E-state index in [-0.39, 0.29) is 22.2 Å². The van der Waals surface area contributed by atoms with Gasteiger partial charge in [0.2, 0.25) is 0 Å². The number of amides is 1. The number of thiophene rings is 2. The zero-order valence-corrected chi connectivity index (χ0v) is 14.7. The van der Waals surface area contributed by atoms with Crippen LogP contribution in [-0.4, -0.2) is 28.3 Å². The minimum absolute atomic E-state index is 0.208. The van der Waals surface area contributed by atoms with E-state index in [1.54, 1.807) is 26.0 Å². The average Bonchev–Trinajstić information content (AvgIpc) is 3.19. The number of rotatable bonds is 6.